The molecule has 0 unspecified atom stereocenters. The number of aromatic amines is 2. The van der Waals surface area contributed by atoms with E-state index in [9.17, 15) is 9.90 Å². The van der Waals surface area contributed by atoms with E-state index in [4.69, 9.17) is 0 Å². The van der Waals surface area contributed by atoms with Crippen molar-refractivity contribution in [3.05, 3.63) is 58.9 Å². The summed E-state index contributed by atoms with van der Waals surface area (Å²) in [7, 11) is 0. The monoisotopic (exact) mass is 277 g/mol. The molecule has 5 nitrogen and oxygen atoms in total. The summed E-state index contributed by atoms with van der Waals surface area (Å²) in [6, 6.07) is 14.3. The van der Waals surface area contributed by atoms with Crippen LogP contribution in [-0.2, 0) is 0 Å². The highest BCUT2D eigenvalue weighted by atomic mass is 16.3. The number of imidazole rings is 1. The van der Waals surface area contributed by atoms with Gasteiger partial charge in [-0.3, -0.25) is 4.79 Å². The van der Waals surface area contributed by atoms with Gasteiger partial charge in [-0.2, -0.15) is 0 Å². The summed E-state index contributed by atoms with van der Waals surface area (Å²) in [5, 5.41) is 10.3. The van der Waals surface area contributed by atoms with Crippen LogP contribution in [-0.4, -0.2) is 20.1 Å². The Balaban J connectivity index is 1.99. The molecule has 0 aliphatic rings. The number of hydrogen-bond donors (Lipinski definition) is 3. The topological polar surface area (TPSA) is 81.8 Å². The molecule has 102 valence electrons. The summed E-state index contributed by atoms with van der Waals surface area (Å²) >= 11 is 0. The lowest BCUT2D eigenvalue weighted by Crippen LogP contribution is -2.09. The zero-order chi connectivity index (χ0) is 14.4. The van der Waals surface area contributed by atoms with E-state index in [0.29, 0.717) is 16.9 Å². The molecule has 0 saturated carbocycles. The van der Waals surface area contributed by atoms with Gasteiger partial charge in [0.2, 0.25) is 0 Å². The lowest BCUT2D eigenvalue weighted by molar-refractivity contribution is 0.476. The number of H-pyrrole nitrogens is 2. The fourth-order valence-corrected chi connectivity index (χ4v) is 2.45. The third kappa shape index (κ3) is 1.87. The summed E-state index contributed by atoms with van der Waals surface area (Å²) in [5.74, 6) is 0.655. The third-order valence-electron chi connectivity index (χ3n) is 3.47. The number of aromatic hydroxyl groups is 1. The van der Waals surface area contributed by atoms with E-state index in [1.54, 1.807) is 18.2 Å². The zero-order valence-corrected chi connectivity index (χ0v) is 10.9. The van der Waals surface area contributed by atoms with E-state index in [-0.39, 0.29) is 11.3 Å². The molecule has 21 heavy (non-hydrogen) atoms. The molecule has 2 heterocycles. The van der Waals surface area contributed by atoms with Crippen LogP contribution >= 0.6 is 0 Å². The maximum atomic E-state index is 12.2. The van der Waals surface area contributed by atoms with Gasteiger partial charge in [0.05, 0.1) is 22.1 Å². The van der Waals surface area contributed by atoms with Crippen molar-refractivity contribution in [3.63, 3.8) is 0 Å². The fraction of sp³-hybridized carbons (Fsp3) is 0. The largest absolute Gasteiger partial charge is 0.508 e. The second-order valence-electron chi connectivity index (χ2n) is 4.89. The molecule has 5 heteroatoms. The predicted octanol–water partition coefficient (Wildman–Crippen LogP) is 2.78. The van der Waals surface area contributed by atoms with E-state index in [1.165, 1.54) is 6.07 Å². The van der Waals surface area contributed by atoms with Gasteiger partial charge in [-0.25, -0.2) is 4.98 Å². The van der Waals surface area contributed by atoms with Crippen molar-refractivity contribution in [1.82, 2.24) is 15.0 Å². The maximum absolute atomic E-state index is 12.2. The van der Waals surface area contributed by atoms with Gasteiger partial charge in [-0.05, 0) is 35.7 Å². The van der Waals surface area contributed by atoms with Crippen LogP contribution in [0.4, 0.5) is 0 Å². The molecule has 0 aliphatic heterocycles. The molecular formula is C16H11N3O2. The smallest absolute Gasteiger partial charge is 0.259 e. The average Bonchev–Trinajstić information content (AvgIpc) is 2.90. The number of nitrogens with zero attached hydrogens (tertiary/aromatic N) is 1. The molecule has 0 atom stereocenters. The summed E-state index contributed by atoms with van der Waals surface area (Å²) in [4.78, 5) is 22.6. The van der Waals surface area contributed by atoms with E-state index in [0.717, 1.165) is 16.4 Å². The first kappa shape index (κ1) is 11.7. The van der Waals surface area contributed by atoms with Gasteiger partial charge in [0.1, 0.15) is 11.6 Å². The first-order valence-electron chi connectivity index (χ1n) is 6.52. The van der Waals surface area contributed by atoms with Crippen LogP contribution in [0.2, 0.25) is 0 Å². The molecule has 0 aliphatic carbocycles. The van der Waals surface area contributed by atoms with Crippen molar-refractivity contribution in [2.24, 2.45) is 0 Å². The van der Waals surface area contributed by atoms with Crippen molar-refractivity contribution in [2.75, 3.05) is 0 Å². The van der Waals surface area contributed by atoms with Crippen LogP contribution in [0.15, 0.2) is 53.3 Å². The Bertz CT molecular complexity index is 997. The number of aromatic nitrogens is 3. The molecule has 0 fully saturated rings. The predicted molar refractivity (Wildman–Crippen MR) is 81.3 cm³/mol. The van der Waals surface area contributed by atoms with E-state index in [1.807, 2.05) is 24.3 Å². The Kier molecular flexibility index (Phi) is 2.35. The molecule has 4 rings (SSSR count). The lowest BCUT2D eigenvalue weighted by atomic mass is 10.1. The van der Waals surface area contributed by atoms with E-state index < -0.39 is 0 Å². The van der Waals surface area contributed by atoms with Crippen molar-refractivity contribution in [1.29, 1.82) is 0 Å². The van der Waals surface area contributed by atoms with Gasteiger partial charge in [-0.15, -0.1) is 0 Å². The number of pyridine rings is 1. The molecule has 0 spiro atoms. The normalized spacial score (nSPS) is 11.2. The van der Waals surface area contributed by atoms with E-state index >= 15 is 0 Å². The number of fused-ring (bicyclic) bond motifs is 2. The minimum atomic E-state index is -0.243. The number of para-hydroxylation sites is 2. The number of rotatable bonds is 1. The summed E-state index contributed by atoms with van der Waals surface area (Å²) in [5.41, 5.74) is 2.53. The molecule has 0 radical (unpaired) electrons. The quantitative estimate of drug-likeness (QED) is 0.500. The molecule has 4 aromatic rings. The summed E-state index contributed by atoms with van der Waals surface area (Å²) in [6.45, 7) is 0. The molecule has 0 bridgehead atoms. The van der Waals surface area contributed by atoms with Crippen LogP contribution in [0.1, 0.15) is 0 Å². The molecular weight excluding hydrogens is 266 g/mol. The van der Waals surface area contributed by atoms with Gasteiger partial charge in [0.15, 0.2) is 0 Å². The van der Waals surface area contributed by atoms with Gasteiger partial charge in [-0.1, -0.05) is 12.1 Å². The standard InChI is InChI=1S/C16H11N3O2/c20-10-6-5-9-7-11(16(21)19-14(9)8-10)15-17-12-3-1-2-4-13(12)18-15/h1-8,20H,(H,17,18)(H,19,21). The van der Waals surface area contributed by atoms with Gasteiger partial charge in [0, 0.05) is 6.07 Å². The lowest BCUT2D eigenvalue weighted by Gasteiger charge is -2.01. The highest BCUT2D eigenvalue weighted by Crippen LogP contribution is 2.22. The zero-order valence-electron chi connectivity index (χ0n) is 10.9. The maximum Gasteiger partial charge on any atom is 0.259 e. The van der Waals surface area contributed by atoms with Crippen LogP contribution in [0.3, 0.4) is 0 Å². The first-order valence-corrected chi connectivity index (χ1v) is 6.52. The van der Waals surface area contributed by atoms with Gasteiger partial charge < -0.3 is 15.1 Å². The van der Waals surface area contributed by atoms with Crippen LogP contribution in [0.5, 0.6) is 5.75 Å². The SMILES string of the molecule is O=c1[nH]c2cc(O)ccc2cc1-c1nc2ccccc2[nH]1. The second-order valence-corrected chi connectivity index (χ2v) is 4.89. The Morgan fingerprint density at radius 1 is 0.952 bits per heavy atom. The van der Waals surface area contributed by atoms with Crippen LogP contribution in [0.25, 0.3) is 33.3 Å². The number of phenols is 1. The Labute approximate surface area is 118 Å². The fourth-order valence-electron chi connectivity index (χ4n) is 2.45. The van der Waals surface area contributed by atoms with Crippen LogP contribution < -0.4 is 5.56 Å². The summed E-state index contributed by atoms with van der Waals surface area (Å²) in [6.07, 6.45) is 0. The number of nitrogens with one attached hydrogen (secondary N) is 2. The minimum absolute atomic E-state index is 0.120. The molecule has 2 aromatic carbocycles. The first-order chi connectivity index (χ1) is 10.2. The molecule has 3 N–H and O–H groups in total. The van der Waals surface area contributed by atoms with Crippen molar-refractivity contribution < 1.29 is 5.11 Å². The second kappa shape index (κ2) is 4.21. The third-order valence-corrected chi connectivity index (χ3v) is 3.47. The molecule has 0 saturated heterocycles. The molecule has 0 amide bonds. The van der Waals surface area contributed by atoms with E-state index in [2.05, 4.69) is 15.0 Å². The van der Waals surface area contributed by atoms with Crippen molar-refractivity contribution >= 4 is 21.9 Å². The Morgan fingerprint density at radius 2 is 1.81 bits per heavy atom. The average molecular weight is 277 g/mol. The van der Waals surface area contributed by atoms with Gasteiger partial charge >= 0.3 is 0 Å². The molecule has 2 aromatic heterocycles. The Hall–Kier alpha value is -3.08. The number of benzene rings is 2. The number of phenolic OH excluding ortho intramolecular Hbond substituents is 1. The number of hydrogen-bond acceptors (Lipinski definition) is 3. The highest BCUT2D eigenvalue weighted by molar-refractivity contribution is 5.85. The van der Waals surface area contributed by atoms with Crippen molar-refractivity contribution in [3.8, 4) is 17.1 Å². The Morgan fingerprint density at radius 3 is 2.67 bits per heavy atom. The summed E-state index contributed by atoms with van der Waals surface area (Å²) < 4.78 is 0. The highest BCUT2D eigenvalue weighted by Gasteiger charge is 2.10. The van der Waals surface area contributed by atoms with Crippen LogP contribution in [0, 0.1) is 0 Å². The minimum Gasteiger partial charge on any atom is -0.508 e. The van der Waals surface area contributed by atoms with Crippen molar-refractivity contribution in [2.45, 2.75) is 0 Å². The van der Waals surface area contributed by atoms with Gasteiger partial charge in [0.25, 0.3) is 5.56 Å².